The second-order valence-corrected chi connectivity index (χ2v) is 5.61. The van der Waals surface area contributed by atoms with E-state index in [0.717, 1.165) is 5.32 Å². The predicted octanol–water partition coefficient (Wildman–Crippen LogP) is 5.40. The summed E-state index contributed by atoms with van der Waals surface area (Å²) in [6.45, 7) is -2.85. The van der Waals surface area contributed by atoms with Crippen LogP contribution in [0.15, 0.2) is 12.1 Å². The fraction of sp³-hybridized carbons (Fsp3) is 0.500. The van der Waals surface area contributed by atoms with Gasteiger partial charge in [0.05, 0.1) is 16.4 Å². The minimum absolute atomic E-state index is 0.636. The van der Waals surface area contributed by atoms with Gasteiger partial charge in [0.2, 0.25) is 0 Å². The first kappa shape index (κ1) is 26.0. The first-order valence-electron chi connectivity index (χ1n) is 7.06. The Kier molecular flexibility index (Phi) is 6.37. The molecular weight excluding hydrogens is 478 g/mol. The highest BCUT2D eigenvalue weighted by molar-refractivity contribution is 5.75. The zero-order valence-electron chi connectivity index (χ0n) is 13.9. The van der Waals surface area contributed by atoms with Gasteiger partial charge in [-0.2, -0.15) is 52.7 Å². The number of benzene rings is 1. The SMILES string of the molecule is O=[N+]([O-])c1cc(C(F)(F)C(F)(F)F)cc([N+](=O)[O-])c1NCC(F)(F)C(F)(F)C(F)(F)F. The summed E-state index contributed by atoms with van der Waals surface area (Å²) in [6, 6.07) is -1.27. The molecule has 1 rings (SSSR count). The van der Waals surface area contributed by atoms with Crippen LogP contribution in [0.3, 0.4) is 0 Å². The number of alkyl halides is 12. The summed E-state index contributed by atoms with van der Waals surface area (Å²) in [4.78, 5) is 18.0. The molecular formula is C12H5F12N3O4. The van der Waals surface area contributed by atoms with Gasteiger partial charge in [-0.1, -0.05) is 0 Å². The average Bonchev–Trinajstić information content (AvgIpc) is 2.56. The molecule has 0 aliphatic heterocycles. The third-order valence-electron chi connectivity index (χ3n) is 3.51. The summed E-state index contributed by atoms with van der Waals surface area (Å²) in [5.74, 6) is -18.8. The molecule has 0 unspecified atom stereocenters. The van der Waals surface area contributed by atoms with E-state index in [1.807, 2.05) is 0 Å². The standard InChI is InChI=1S/C12H5F12N3O4/c13-8(14,10(17,18)12(22,23)24)3-25-7-5(26(28)29)1-4(2-6(7)27(30)31)9(15,16)11(19,20)21/h1-2,25H,3H2. The van der Waals surface area contributed by atoms with Crippen molar-refractivity contribution in [1.82, 2.24) is 0 Å². The molecule has 31 heavy (non-hydrogen) atoms. The number of halogens is 12. The molecule has 176 valence electrons. The fourth-order valence-electron chi connectivity index (χ4n) is 1.94. The van der Waals surface area contributed by atoms with Crippen LogP contribution in [0.25, 0.3) is 0 Å². The summed E-state index contributed by atoms with van der Waals surface area (Å²) in [5.41, 5.74) is -8.50. The number of nitro groups is 2. The van der Waals surface area contributed by atoms with Gasteiger partial charge in [0.15, 0.2) is 5.69 Å². The second kappa shape index (κ2) is 7.59. The van der Waals surface area contributed by atoms with Gasteiger partial charge >= 0.3 is 30.1 Å². The van der Waals surface area contributed by atoms with Crippen molar-refractivity contribution >= 4 is 17.1 Å². The maximum absolute atomic E-state index is 13.4. The molecule has 0 fully saturated rings. The summed E-state index contributed by atoms with van der Waals surface area (Å²) >= 11 is 0. The molecule has 0 aromatic heterocycles. The van der Waals surface area contributed by atoms with Crippen molar-refractivity contribution in [3.8, 4) is 0 Å². The maximum Gasteiger partial charge on any atom is 0.459 e. The molecule has 19 heteroatoms. The van der Waals surface area contributed by atoms with Crippen LogP contribution >= 0.6 is 0 Å². The quantitative estimate of drug-likeness (QED) is 0.318. The van der Waals surface area contributed by atoms with Crippen molar-refractivity contribution < 1.29 is 62.5 Å². The molecule has 1 aromatic rings. The topological polar surface area (TPSA) is 98.3 Å². The third-order valence-corrected chi connectivity index (χ3v) is 3.51. The molecule has 0 saturated heterocycles. The summed E-state index contributed by atoms with van der Waals surface area (Å²) < 4.78 is 153. The third kappa shape index (κ3) is 4.68. The zero-order valence-corrected chi connectivity index (χ0v) is 13.9. The van der Waals surface area contributed by atoms with Gasteiger partial charge in [0.25, 0.3) is 11.4 Å². The lowest BCUT2D eigenvalue weighted by Crippen LogP contribution is -2.55. The van der Waals surface area contributed by atoms with Crippen molar-refractivity contribution in [1.29, 1.82) is 0 Å². The first-order valence-corrected chi connectivity index (χ1v) is 7.06. The molecule has 7 nitrogen and oxygen atoms in total. The van der Waals surface area contributed by atoms with E-state index in [1.165, 1.54) is 0 Å². The Bertz CT molecular complexity index is 846. The molecule has 0 saturated carbocycles. The highest BCUT2D eigenvalue weighted by atomic mass is 19.4. The highest BCUT2D eigenvalue weighted by Gasteiger charge is 2.72. The van der Waals surface area contributed by atoms with Gasteiger partial charge < -0.3 is 5.32 Å². The summed E-state index contributed by atoms with van der Waals surface area (Å²) in [6.07, 6.45) is -13.3. The number of anilines is 1. The normalized spacial score (nSPS) is 13.8. The van der Waals surface area contributed by atoms with Crippen LogP contribution in [-0.2, 0) is 5.92 Å². The lowest BCUT2D eigenvalue weighted by Gasteiger charge is -2.28. The molecule has 0 amide bonds. The van der Waals surface area contributed by atoms with Crippen LogP contribution in [0.4, 0.5) is 69.7 Å². The largest absolute Gasteiger partial charge is 0.459 e. The Morgan fingerprint density at radius 2 is 1.13 bits per heavy atom. The molecule has 0 bridgehead atoms. The van der Waals surface area contributed by atoms with Crippen molar-refractivity contribution in [2.45, 2.75) is 30.1 Å². The van der Waals surface area contributed by atoms with E-state index in [4.69, 9.17) is 0 Å². The molecule has 1 aromatic carbocycles. The summed E-state index contributed by atoms with van der Waals surface area (Å²) in [7, 11) is 0. The van der Waals surface area contributed by atoms with E-state index >= 15 is 0 Å². The first-order chi connectivity index (χ1) is 13.6. The van der Waals surface area contributed by atoms with Gasteiger partial charge in [0.1, 0.15) is 0 Å². The maximum atomic E-state index is 13.4. The molecule has 0 atom stereocenters. The van der Waals surface area contributed by atoms with E-state index in [0.29, 0.717) is 0 Å². The van der Waals surface area contributed by atoms with Crippen LogP contribution in [0.1, 0.15) is 5.56 Å². The molecule has 0 aliphatic carbocycles. The van der Waals surface area contributed by atoms with Gasteiger partial charge in [-0.25, -0.2) is 0 Å². The summed E-state index contributed by atoms with van der Waals surface area (Å²) in [5, 5.41) is 22.7. The minimum Gasteiger partial charge on any atom is -0.368 e. The smallest absolute Gasteiger partial charge is 0.368 e. The Morgan fingerprint density at radius 1 is 0.742 bits per heavy atom. The number of nitrogens with zero attached hydrogens (tertiary/aromatic N) is 2. The van der Waals surface area contributed by atoms with Crippen molar-refractivity contribution in [2.24, 2.45) is 0 Å². The van der Waals surface area contributed by atoms with Gasteiger partial charge in [-0.3, -0.25) is 20.2 Å². The van der Waals surface area contributed by atoms with E-state index in [-0.39, 0.29) is 0 Å². The van der Waals surface area contributed by atoms with Gasteiger partial charge in [-0.05, 0) is 0 Å². The molecule has 0 spiro atoms. The Hall–Kier alpha value is -3.02. The zero-order chi connectivity index (χ0) is 24.8. The van der Waals surface area contributed by atoms with Crippen LogP contribution in [0.5, 0.6) is 0 Å². The Labute approximate surface area is 160 Å². The number of nitrogens with one attached hydrogen (secondary N) is 1. The monoisotopic (exact) mass is 483 g/mol. The number of hydrogen-bond acceptors (Lipinski definition) is 5. The van der Waals surface area contributed by atoms with E-state index in [9.17, 15) is 72.9 Å². The highest BCUT2D eigenvalue weighted by Crippen LogP contribution is 2.49. The molecule has 0 heterocycles. The lowest BCUT2D eigenvalue weighted by atomic mass is 10.0. The second-order valence-electron chi connectivity index (χ2n) is 5.61. The molecule has 0 aliphatic rings. The van der Waals surface area contributed by atoms with E-state index < -0.39 is 81.3 Å². The van der Waals surface area contributed by atoms with Crippen molar-refractivity contribution in [3.05, 3.63) is 37.9 Å². The molecule has 1 N–H and O–H groups in total. The van der Waals surface area contributed by atoms with E-state index in [2.05, 4.69) is 0 Å². The van der Waals surface area contributed by atoms with Crippen LogP contribution in [-0.4, -0.2) is 40.6 Å². The predicted molar refractivity (Wildman–Crippen MR) is 74.1 cm³/mol. The van der Waals surface area contributed by atoms with E-state index in [1.54, 1.807) is 0 Å². The van der Waals surface area contributed by atoms with Crippen LogP contribution < -0.4 is 5.32 Å². The van der Waals surface area contributed by atoms with Gasteiger partial charge in [-0.15, -0.1) is 0 Å². The Balaban J connectivity index is 3.62. The Morgan fingerprint density at radius 3 is 1.42 bits per heavy atom. The van der Waals surface area contributed by atoms with Crippen LogP contribution in [0, 0.1) is 20.2 Å². The number of rotatable bonds is 7. The number of hydrogen-bond donors (Lipinski definition) is 1. The van der Waals surface area contributed by atoms with Crippen LogP contribution in [0.2, 0.25) is 0 Å². The lowest BCUT2D eigenvalue weighted by molar-refractivity contribution is -0.393. The fourth-order valence-corrected chi connectivity index (χ4v) is 1.94. The molecule has 0 radical (unpaired) electrons. The van der Waals surface area contributed by atoms with Crippen molar-refractivity contribution in [2.75, 3.05) is 11.9 Å². The minimum atomic E-state index is -6.84. The number of nitro benzene ring substituents is 2. The average molecular weight is 483 g/mol. The van der Waals surface area contributed by atoms with Crippen molar-refractivity contribution in [3.63, 3.8) is 0 Å². The van der Waals surface area contributed by atoms with Gasteiger partial charge in [0, 0.05) is 17.7 Å².